The lowest BCUT2D eigenvalue weighted by Gasteiger charge is -2.27. The second-order valence-corrected chi connectivity index (χ2v) is 7.36. The highest BCUT2D eigenvalue weighted by molar-refractivity contribution is 6.01. The van der Waals surface area contributed by atoms with Gasteiger partial charge in [-0.1, -0.05) is 60.7 Å². The molecule has 0 bridgehead atoms. The van der Waals surface area contributed by atoms with E-state index in [-0.39, 0.29) is 11.8 Å². The van der Waals surface area contributed by atoms with E-state index in [2.05, 4.69) is 5.32 Å². The molecule has 0 aliphatic carbocycles. The van der Waals surface area contributed by atoms with Crippen molar-refractivity contribution in [2.75, 3.05) is 7.11 Å². The zero-order chi connectivity index (χ0) is 20.9. The van der Waals surface area contributed by atoms with Crippen molar-refractivity contribution in [1.82, 2.24) is 10.2 Å². The van der Waals surface area contributed by atoms with E-state index in [0.29, 0.717) is 25.1 Å². The van der Waals surface area contributed by atoms with Gasteiger partial charge in [0, 0.05) is 25.1 Å². The number of amides is 2. The average molecular weight is 400 g/mol. The standard InChI is InChI=1S/C25H24N2O3/c1-30-21-13-11-19(12-14-21)16-26-24(28)23(15-18-7-3-2-4-8-18)27-17-20-9-5-6-10-22(20)25(27)29/h2-14,23H,15-17H2,1H3,(H,26,28). The molecule has 1 atom stereocenters. The summed E-state index contributed by atoms with van der Waals surface area (Å²) in [5.74, 6) is 0.523. The number of carbonyl (C=O) groups excluding carboxylic acids is 2. The van der Waals surface area contributed by atoms with Gasteiger partial charge in [0.1, 0.15) is 11.8 Å². The van der Waals surface area contributed by atoms with Gasteiger partial charge < -0.3 is 15.0 Å². The molecule has 2 amide bonds. The molecule has 1 aliphatic rings. The summed E-state index contributed by atoms with van der Waals surface area (Å²) in [6, 6.07) is 24.3. The number of hydrogen-bond acceptors (Lipinski definition) is 3. The molecular weight excluding hydrogens is 376 g/mol. The Hall–Kier alpha value is -3.60. The molecule has 5 heteroatoms. The van der Waals surface area contributed by atoms with E-state index in [1.165, 1.54) is 0 Å². The van der Waals surface area contributed by atoms with Gasteiger partial charge in [-0.2, -0.15) is 0 Å². The highest BCUT2D eigenvalue weighted by atomic mass is 16.5. The Morgan fingerprint density at radius 2 is 1.67 bits per heavy atom. The third-order valence-electron chi connectivity index (χ3n) is 5.43. The number of ether oxygens (including phenoxy) is 1. The van der Waals surface area contributed by atoms with Crippen molar-refractivity contribution in [2.24, 2.45) is 0 Å². The van der Waals surface area contributed by atoms with Gasteiger partial charge in [0.15, 0.2) is 0 Å². The average Bonchev–Trinajstić information content (AvgIpc) is 3.13. The van der Waals surface area contributed by atoms with Crippen LogP contribution in [0.5, 0.6) is 5.75 Å². The molecule has 0 radical (unpaired) electrons. The van der Waals surface area contributed by atoms with E-state index in [1.54, 1.807) is 12.0 Å². The van der Waals surface area contributed by atoms with Gasteiger partial charge in [0.2, 0.25) is 5.91 Å². The Morgan fingerprint density at radius 1 is 0.967 bits per heavy atom. The molecule has 0 saturated carbocycles. The van der Waals surface area contributed by atoms with Crippen LogP contribution >= 0.6 is 0 Å². The van der Waals surface area contributed by atoms with E-state index in [9.17, 15) is 9.59 Å². The number of nitrogens with zero attached hydrogens (tertiary/aromatic N) is 1. The first kappa shape index (κ1) is 19.7. The molecule has 1 heterocycles. The first-order chi connectivity index (χ1) is 14.7. The molecule has 1 unspecified atom stereocenters. The molecular formula is C25H24N2O3. The van der Waals surface area contributed by atoms with Crippen LogP contribution in [0.2, 0.25) is 0 Å². The molecule has 0 saturated heterocycles. The highest BCUT2D eigenvalue weighted by Gasteiger charge is 2.36. The van der Waals surface area contributed by atoms with E-state index in [1.807, 2.05) is 78.9 Å². The predicted octanol–water partition coefficient (Wildman–Crippen LogP) is 3.58. The molecule has 1 aliphatic heterocycles. The van der Waals surface area contributed by atoms with Crippen LogP contribution in [0.1, 0.15) is 27.0 Å². The fourth-order valence-corrected chi connectivity index (χ4v) is 3.76. The maximum atomic E-state index is 13.2. The fraction of sp³-hybridized carbons (Fsp3) is 0.200. The van der Waals surface area contributed by atoms with E-state index < -0.39 is 6.04 Å². The largest absolute Gasteiger partial charge is 0.497 e. The maximum Gasteiger partial charge on any atom is 0.255 e. The zero-order valence-corrected chi connectivity index (χ0v) is 16.9. The van der Waals surface area contributed by atoms with Crippen LogP contribution in [-0.2, 0) is 24.3 Å². The molecule has 0 aromatic heterocycles. The lowest BCUT2D eigenvalue weighted by molar-refractivity contribution is -0.125. The molecule has 0 fully saturated rings. The first-order valence-corrected chi connectivity index (χ1v) is 9.99. The minimum atomic E-state index is -0.578. The Balaban J connectivity index is 1.52. The number of benzene rings is 3. The smallest absolute Gasteiger partial charge is 0.255 e. The third-order valence-corrected chi connectivity index (χ3v) is 5.43. The molecule has 4 rings (SSSR count). The minimum absolute atomic E-state index is 0.0915. The number of nitrogens with one attached hydrogen (secondary N) is 1. The van der Waals surface area contributed by atoms with Gasteiger partial charge in [-0.15, -0.1) is 0 Å². The summed E-state index contributed by atoms with van der Waals surface area (Å²) >= 11 is 0. The van der Waals surface area contributed by atoms with Gasteiger partial charge in [0.25, 0.3) is 5.91 Å². The fourth-order valence-electron chi connectivity index (χ4n) is 3.76. The topological polar surface area (TPSA) is 58.6 Å². The number of carbonyl (C=O) groups is 2. The Bertz CT molecular complexity index is 1030. The molecule has 3 aromatic rings. The number of hydrogen-bond donors (Lipinski definition) is 1. The molecule has 0 spiro atoms. The maximum absolute atomic E-state index is 13.2. The Morgan fingerprint density at radius 3 is 2.37 bits per heavy atom. The Labute approximate surface area is 176 Å². The summed E-state index contributed by atoms with van der Waals surface area (Å²) in [5, 5.41) is 3.01. The molecule has 30 heavy (non-hydrogen) atoms. The second kappa shape index (κ2) is 8.82. The van der Waals surface area contributed by atoms with E-state index in [4.69, 9.17) is 4.74 Å². The van der Waals surface area contributed by atoms with Crippen LogP contribution in [0.15, 0.2) is 78.9 Å². The van der Waals surface area contributed by atoms with Gasteiger partial charge in [0.05, 0.1) is 7.11 Å². The zero-order valence-electron chi connectivity index (χ0n) is 16.9. The van der Waals surface area contributed by atoms with Crippen LogP contribution < -0.4 is 10.1 Å². The summed E-state index contributed by atoms with van der Waals surface area (Å²) in [5.41, 5.74) is 3.63. The third kappa shape index (κ3) is 4.20. The number of fused-ring (bicyclic) bond motifs is 1. The van der Waals surface area contributed by atoms with Crippen LogP contribution in [-0.4, -0.2) is 29.9 Å². The van der Waals surface area contributed by atoms with Gasteiger partial charge in [-0.25, -0.2) is 0 Å². The van der Waals surface area contributed by atoms with Crippen molar-refractivity contribution in [1.29, 1.82) is 0 Å². The van der Waals surface area contributed by atoms with Crippen molar-refractivity contribution < 1.29 is 14.3 Å². The van der Waals surface area contributed by atoms with E-state index in [0.717, 1.165) is 22.4 Å². The SMILES string of the molecule is COc1ccc(CNC(=O)C(Cc2ccccc2)N2Cc3ccccc3C2=O)cc1. The van der Waals surface area contributed by atoms with Crippen LogP contribution in [0.25, 0.3) is 0 Å². The van der Waals surface area contributed by atoms with Crippen molar-refractivity contribution in [3.63, 3.8) is 0 Å². The summed E-state index contributed by atoms with van der Waals surface area (Å²) < 4.78 is 5.18. The van der Waals surface area contributed by atoms with Crippen LogP contribution in [0.4, 0.5) is 0 Å². The predicted molar refractivity (Wildman–Crippen MR) is 115 cm³/mol. The van der Waals surface area contributed by atoms with Gasteiger partial charge in [-0.3, -0.25) is 9.59 Å². The molecule has 152 valence electrons. The van der Waals surface area contributed by atoms with Crippen LogP contribution in [0, 0.1) is 0 Å². The number of rotatable bonds is 7. The minimum Gasteiger partial charge on any atom is -0.497 e. The molecule has 1 N–H and O–H groups in total. The summed E-state index contributed by atoms with van der Waals surface area (Å²) in [6.07, 6.45) is 0.467. The van der Waals surface area contributed by atoms with Crippen molar-refractivity contribution in [2.45, 2.75) is 25.6 Å². The summed E-state index contributed by atoms with van der Waals surface area (Å²) in [4.78, 5) is 27.9. The lowest BCUT2D eigenvalue weighted by atomic mass is 10.0. The first-order valence-electron chi connectivity index (χ1n) is 9.99. The second-order valence-electron chi connectivity index (χ2n) is 7.36. The highest BCUT2D eigenvalue weighted by Crippen LogP contribution is 2.26. The van der Waals surface area contributed by atoms with E-state index >= 15 is 0 Å². The normalized spacial score (nSPS) is 13.6. The lowest BCUT2D eigenvalue weighted by Crippen LogP contribution is -2.48. The molecule has 5 nitrogen and oxygen atoms in total. The summed E-state index contributed by atoms with van der Waals surface area (Å²) in [7, 11) is 1.62. The quantitative estimate of drug-likeness (QED) is 0.660. The molecule has 3 aromatic carbocycles. The van der Waals surface area contributed by atoms with Crippen molar-refractivity contribution in [3.8, 4) is 5.75 Å². The summed E-state index contributed by atoms with van der Waals surface area (Å²) in [6.45, 7) is 0.839. The van der Waals surface area contributed by atoms with Crippen molar-refractivity contribution in [3.05, 3.63) is 101 Å². The van der Waals surface area contributed by atoms with Gasteiger partial charge >= 0.3 is 0 Å². The monoisotopic (exact) mass is 400 g/mol. The van der Waals surface area contributed by atoms with Gasteiger partial charge in [-0.05, 0) is 34.9 Å². The van der Waals surface area contributed by atoms with Crippen LogP contribution in [0.3, 0.4) is 0 Å². The Kier molecular flexibility index (Phi) is 5.80. The van der Waals surface area contributed by atoms with Crippen molar-refractivity contribution >= 4 is 11.8 Å². The number of methoxy groups -OCH3 is 1.